The van der Waals surface area contributed by atoms with Crippen LogP contribution in [0.25, 0.3) is 5.76 Å². The Kier molecular flexibility index (Phi) is 7.92. The lowest BCUT2D eigenvalue weighted by atomic mass is 9.95. The molecule has 2 aromatic rings. The second-order valence-corrected chi connectivity index (χ2v) is 7.72. The fraction of sp³-hybridized carbons (Fsp3) is 0.385. The van der Waals surface area contributed by atoms with Crippen molar-refractivity contribution < 1.29 is 24.2 Å². The maximum absolute atomic E-state index is 12.9. The molecule has 1 heterocycles. The number of likely N-dealkylation sites (tertiary alicyclic amines) is 1. The van der Waals surface area contributed by atoms with Gasteiger partial charge in [-0.15, -0.1) is 0 Å². The zero-order valence-electron chi connectivity index (χ0n) is 19.0. The predicted molar refractivity (Wildman–Crippen MR) is 124 cm³/mol. The van der Waals surface area contributed by atoms with Crippen LogP contribution in [-0.2, 0) is 9.59 Å². The summed E-state index contributed by atoms with van der Waals surface area (Å²) in [4.78, 5) is 27.3. The van der Waals surface area contributed by atoms with E-state index in [1.807, 2.05) is 38.1 Å². The van der Waals surface area contributed by atoms with Gasteiger partial charge in [0.1, 0.15) is 17.3 Å². The van der Waals surface area contributed by atoms with Crippen molar-refractivity contribution in [3.8, 4) is 11.5 Å². The van der Waals surface area contributed by atoms with Crippen LogP contribution in [0.5, 0.6) is 11.5 Å². The standard InChI is InChI=1S/C26H31NO5/c1-4-7-17-32-21-12-8-18(9-13-21)23-22(25(29)26(30)27(23)16-5-2)24(28)19-10-14-20(15-11-19)31-6-3/h8-15,23,28H,4-7,16-17H2,1-3H3/b24-22-. The van der Waals surface area contributed by atoms with Gasteiger partial charge >= 0.3 is 0 Å². The number of amides is 1. The van der Waals surface area contributed by atoms with E-state index in [1.54, 1.807) is 24.3 Å². The first-order valence-electron chi connectivity index (χ1n) is 11.3. The zero-order chi connectivity index (χ0) is 23.1. The number of nitrogens with zero attached hydrogens (tertiary/aromatic N) is 1. The molecule has 0 spiro atoms. The predicted octanol–water partition coefficient (Wildman–Crippen LogP) is 5.10. The Morgan fingerprint density at radius 1 is 0.906 bits per heavy atom. The number of ketones is 1. The van der Waals surface area contributed by atoms with E-state index >= 15 is 0 Å². The van der Waals surface area contributed by atoms with Crippen LogP contribution in [0.4, 0.5) is 0 Å². The highest BCUT2D eigenvalue weighted by atomic mass is 16.5. The second-order valence-electron chi connectivity index (χ2n) is 7.72. The van der Waals surface area contributed by atoms with E-state index in [2.05, 4.69) is 6.92 Å². The van der Waals surface area contributed by atoms with Gasteiger partial charge in [0.2, 0.25) is 0 Å². The van der Waals surface area contributed by atoms with E-state index in [0.717, 1.165) is 24.2 Å². The fourth-order valence-corrected chi connectivity index (χ4v) is 3.81. The molecule has 0 radical (unpaired) electrons. The van der Waals surface area contributed by atoms with Crippen molar-refractivity contribution in [2.24, 2.45) is 0 Å². The summed E-state index contributed by atoms with van der Waals surface area (Å²) in [6.07, 6.45) is 2.72. The van der Waals surface area contributed by atoms with Crippen molar-refractivity contribution in [3.63, 3.8) is 0 Å². The van der Waals surface area contributed by atoms with E-state index in [4.69, 9.17) is 9.47 Å². The van der Waals surface area contributed by atoms with Gasteiger partial charge < -0.3 is 19.5 Å². The Morgan fingerprint density at radius 2 is 1.53 bits per heavy atom. The quantitative estimate of drug-likeness (QED) is 0.242. The number of hydrogen-bond donors (Lipinski definition) is 1. The lowest BCUT2D eigenvalue weighted by Gasteiger charge is -2.25. The van der Waals surface area contributed by atoms with Crippen molar-refractivity contribution in [3.05, 3.63) is 65.2 Å². The number of aliphatic hydroxyl groups is 1. The average Bonchev–Trinajstić information content (AvgIpc) is 3.05. The number of hydrogen-bond acceptors (Lipinski definition) is 5. The van der Waals surface area contributed by atoms with Crippen molar-refractivity contribution in [2.75, 3.05) is 19.8 Å². The maximum Gasteiger partial charge on any atom is 0.295 e. The molecule has 1 atom stereocenters. The van der Waals surface area contributed by atoms with Crippen LogP contribution in [0.2, 0.25) is 0 Å². The molecule has 1 N–H and O–H groups in total. The molecule has 170 valence electrons. The van der Waals surface area contributed by atoms with Crippen molar-refractivity contribution >= 4 is 17.4 Å². The first-order chi connectivity index (χ1) is 15.5. The van der Waals surface area contributed by atoms with Crippen LogP contribution in [0.3, 0.4) is 0 Å². The Labute approximate surface area is 189 Å². The highest BCUT2D eigenvalue weighted by molar-refractivity contribution is 6.46. The molecule has 1 unspecified atom stereocenters. The van der Waals surface area contributed by atoms with Crippen LogP contribution >= 0.6 is 0 Å². The summed E-state index contributed by atoms with van der Waals surface area (Å²) in [5.41, 5.74) is 1.33. The molecule has 6 heteroatoms. The molecule has 3 rings (SSSR count). The molecule has 32 heavy (non-hydrogen) atoms. The second kappa shape index (κ2) is 10.8. The molecule has 1 aliphatic rings. The minimum Gasteiger partial charge on any atom is -0.507 e. The minimum atomic E-state index is -0.668. The van der Waals surface area contributed by atoms with E-state index in [1.165, 1.54) is 4.90 Å². The molecular formula is C26H31NO5. The van der Waals surface area contributed by atoms with Gasteiger partial charge in [-0.3, -0.25) is 9.59 Å². The smallest absolute Gasteiger partial charge is 0.295 e. The van der Waals surface area contributed by atoms with Crippen LogP contribution in [-0.4, -0.2) is 41.5 Å². The number of rotatable bonds is 10. The van der Waals surface area contributed by atoms with Gasteiger partial charge in [0.15, 0.2) is 0 Å². The molecule has 0 aliphatic carbocycles. The lowest BCUT2D eigenvalue weighted by Crippen LogP contribution is -2.30. The van der Waals surface area contributed by atoms with Gasteiger partial charge in [0.05, 0.1) is 24.8 Å². The number of aliphatic hydroxyl groups excluding tert-OH is 1. The van der Waals surface area contributed by atoms with Crippen LogP contribution < -0.4 is 9.47 Å². The molecule has 0 saturated carbocycles. The summed E-state index contributed by atoms with van der Waals surface area (Å²) in [5, 5.41) is 11.1. The van der Waals surface area contributed by atoms with Gasteiger partial charge in [-0.25, -0.2) is 0 Å². The summed E-state index contributed by atoms with van der Waals surface area (Å²) in [6, 6.07) is 13.6. The molecule has 0 bridgehead atoms. The summed E-state index contributed by atoms with van der Waals surface area (Å²) in [5.74, 6) is -0.0316. The molecule has 6 nitrogen and oxygen atoms in total. The Hall–Kier alpha value is -3.28. The third-order valence-electron chi connectivity index (χ3n) is 5.41. The molecule has 1 aliphatic heterocycles. The average molecular weight is 438 g/mol. The minimum absolute atomic E-state index is 0.104. The van der Waals surface area contributed by atoms with E-state index < -0.39 is 17.7 Å². The van der Waals surface area contributed by atoms with Gasteiger partial charge in [0.25, 0.3) is 11.7 Å². The Morgan fingerprint density at radius 3 is 2.12 bits per heavy atom. The molecule has 1 saturated heterocycles. The largest absolute Gasteiger partial charge is 0.507 e. The third-order valence-corrected chi connectivity index (χ3v) is 5.41. The van der Waals surface area contributed by atoms with Crippen LogP contribution in [0.15, 0.2) is 54.1 Å². The highest BCUT2D eigenvalue weighted by Gasteiger charge is 2.45. The van der Waals surface area contributed by atoms with Crippen molar-refractivity contribution in [2.45, 2.75) is 46.1 Å². The number of Topliss-reactive ketones (excluding diaryl/α,β-unsaturated/α-hetero) is 1. The fourth-order valence-electron chi connectivity index (χ4n) is 3.81. The van der Waals surface area contributed by atoms with Gasteiger partial charge in [-0.05, 0) is 61.7 Å². The summed E-state index contributed by atoms with van der Waals surface area (Å²) in [6.45, 7) is 7.54. The monoisotopic (exact) mass is 437 g/mol. The van der Waals surface area contributed by atoms with Crippen molar-refractivity contribution in [1.82, 2.24) is 4.90 Å². The topological polar surface area (TPSA) is 76.1 Å². The van der Waals surface area contributed by atoms with Crippen molar-refractivity contribution in [1.29, 1.82) is 0 Å². The van der Waals surface area contributed by atoms with E-state index in [9.17, 15) is 14.7 Å². The Balaban J connectivity index is 1.99. The lowest BCUT2D eigenvalue weighted by molar-refractivity contribution is -0.139. The normalized spacial score (nSPS) is 17.6. The maximum atomic E-state index is 12.9. The number of ether oxygens (including phenoxy) is 2. The zero-order valence-corrected chi connectivity index (χ0v) is 19.0. The third kappa shape index (κ3) is 4.96. The summed E-state index contributed by atoms with van der Waals surface area (Å²) in [7, 11) is 0. The van der Waals surface area contributed by atoms with E-state index in [-0.39, 0.29) is 11.3 Å². The molecule has 1 amide bonds. The molecular weight excluding hydrogens is 406 g/mol. The van der Waals surface area contributed by atoms with Gasteiger partial charge in [-0.1, -0.05) is 32.4 Å². The van der Waals surface area contributed by atoms with Crippen LogP contribution in [0, 0.1) is 0 Å². The van der Waals surface area contributed by atoms with Crippen LogP contribution in [0.1, 0.15) is 57.2 Å². The first-order valence-corrected chi connectivity index (χ1v) is 11.3. The first kappa shape index (κ1) is 23.4. The number of carbonyl (C=O) groups is 2. The SMILES string of the molecule is CCCCOc1ccc(C2/C(=C(/O)c3ccc(OCC)cc3)C(=O)C(=O)N2CCC)cc1. The Bertz CT molecular complexity index is 963. The molecule has 1 fully saturated rings. The molecule has 2 aromatic carbocycles. The van der Waals surface area contributed by atoms with E-state index in [0.29, 0.717) is 37.5 Å². The number of carbonyl (C=O) groups excluding carboxylic acids is 2. The number of benzene rings is 2. The number of unbranched alkanes of at least 4 members (excludes halogenated alkanes) is 1. The van der Waals surface area contributed by atoms with Gasteiger partial charge in [0, 0.05) is 12.1 Å². The highest BCUT2D eigenvalue weighted by Crippen LogP contribution is 2.40. The molecule has 0 aromatic heterocycles. The van der Waals surface area contributed by atoms with Gasteiger partial charge in [-0.2, -0.15) is 0 Å². The summed E-state index contributed by atoms with van der Waals surface area (Å²) < 4.78 is 11.2. The summed E-state index contributed by atoms with van der Waals surface area (Å²) >= 11 is 0.